The predicted molar refractivity (Wildman–Crippen MR) is 75.0 cm³/mol. The summed E-state index contributed by atoms with van der Waals surface area (Å²) in [7, 11) is -3.51. The maximum Gasteiger partial charge on any atom is 0.243 e. The Morgan fingerprint density at radius 2 is 2.05 bits per heavy atom. The first kappa shape index (κ1) is 15.7. The lowest BCUT2D eigenvalue weighted by Crippen LogP contribution is -2.34. The highest BCUT2D eigenvalue weighted by Gasteiger charge is 2.24. The second kappa shape index (κ2) is 6.69. The summed E-state index contributed by atoms with van der Waals surface area (Å²) in [6, 6.07) is 8.13. The molecule has 0 saturated heterocycles. The number of rotatable bonds is 6. The van der Waals surface area contributed by atoms with E-state index in [0.29, 0.717) is 24.6 Å². The van der Waals surface area contributed by atoms with Crippen molar-refractivity contribution in [2.45, 2.75) is 32.1 Å². The van der Waals surface area contributed by atoms with Crippen LogP contribution in [0.4, 0.5) is 0 Å². The van der Waals surface area contributed by atoms with Gasteiger partial charge in [0, 0.05) is 13.1 Å². The second-order valence-electron chi connectivity index (χ2n) is 4.61. The molecular weight excluding hydrogens is 260 g/mol. The molecule has 104 valence electrons. The highest BCUT2D eigenvalue weighted by Crippen LogP contribution is 2.18. The molecule has 4 nitrogen and oxygen atoms in total. The molecule has 5 heteroatoms. The molecule has 0 radical (unpaired) electrons. The van der Waals surface area contributed by atoms with Gasteiger partial charge in [-0.05, 0) is 24.1 Å². The quantitative estimate of drug-likeness (QED) is 0.804. The minimum Gasteiger partial charge on any atom is -0.207 e. The highest BCUT2D eigenvalue weighted by molar-refractivity contribution is 7.89. The minimum absolute atomic E-state index is 0.191. The Morgan fingerprint density at radius 3 is 2.58 bits per heavy atom. The fourth-order valence-corrected chi connectivity index (χ4v) is 3.36. The van der Waals surface area contributed by atoms with Crippen molar-refractivity contribution in [2.75, 3.05) is 13.1 Å². The van der Waals surface area contributed by atoms with Gasteiger partial charge in [-0.1, -0.05) is 33.3 Å². The van der Waals surface area contributed by atoms with Gasteiger partial charge in [-0.2, -0.15) is 9.57 Å². The van der Waals surface area contributed by atoms with E-state index in [4.69, 9.17) is 5.26 Å². The fourth-order valence-electron chi connectivity index (χ4n) is 1.75. The van der Waals surface area contributed by atoms with Gasteiger partial charge in [0.1, 0.15) is 0 Å². The molecule has 0 heterocycles. The summed E-state index contributed by atoms with van der Waals surface area (Å²) < 4.78 is 26.5. The molecule has 1 rings (SSSR count). The summed E-state index contributed by atoms with van der Waals surface area (Å²) in [6.07, 6.45) is 0.935. The molecule has 19 heavy (non-hydrogen) atoms. The van der Waals surface area contributed by atoms with Gasteiger partial charge in [0.15, 0.2) is 0 Å². The maximum atomic E-state index is 12.5. The van der Waals surface area contributed by atoms with Crippen LogP contribution >= 0.6 is 0 Å². The van der Waals surface area contributed by atoms with Gasteiger partial charge in [-0.25, -0.2) is 8.42 Å². The van der Waals surface area contributed by atoms with Crippen molar-refractivity contribution in [3.63, 3.8) is 0 Å². The maximum absolute atomic E-state index is 12.5. The Labute approximate surface area is 115 Å². The summed E-state index contributed by atoms with van der Waals surface area (Å²) in [6.45, 7) is 6.84. The van der Waals surface area contributed by atoms with Crippen LogP contribution in [-0.2, 0) is 10.0 Å². The van der Waals surface area contributed by atoms with E-state index >= 15 is 0 Å². The standard InChI is InChI=1S/C14H20N2O2S/c1-4-12(3)11-16(5-2)19(17,18)14-8-6-7-13(9-14)10-15/h6-9,12H,4-5,11H2,1-3H3. The van der Waals surface area contributed by atoms with E-state index in [2.05, 4.69) is 0 Å². The number of nitriles is 1. The molecule has 0 aliphatic heterocycles. The average Bonchev–Trinajstić information content (AvgIpc) is 2.44. The highest BCUT2D eigenvalue weighted by atomic mass is 32.2. The molecule has 0 fully saturated rings. The lowest BCUT2D eigenvalue weighted by molar-refractivity contribution is 0.361. The topological polar surface area (TPSA) is 61.2 Å². The van der Waals surface area contributed by atoms with Crippen molar-refractivity contribution in [2.24, 2.45) is 5.92 Å². The average molecular weight is 280 g/mol. The van der Waals surface area contributed by atoms with E-state index in [9.17, 15) is 8.42 Å². The van der Waals surface area contributed by atoms with E-state index in [-0.39, 0.29) is 4.90 Å². The molecule has 0 aliphatic carbocycles. The predicted octanol–water partition coefficient (Wildman–Crippen LogP) is 2.61. The molecule has 1 aromatic rings. The van der Waals surface area contributed by atoms with Crippen LogP contribution in [0.2, 0.25) is 0 Å². The summed E-state index contributed by atoms with van der Waals surface area (Å²) >= 11 is 0. The lowest BCUT2D eigenvalue weighted by Gasteiger charge is -2.23. The van der Waals surface area contributed by atoms with Crippen molar-refractivity contribution >= 4 is 10.0 Å². The summed E-state index contributed by atoms with van der Waals surface area (Å²) in [5, 5.41) is 8.85. The molecule has 1 aromatic carbocycles. The largest absolute Gasteiger partial charge is 0.243 e. The molecule has 0 amide bonds. The molecular formula is C14H20N2O2S. The van der Waals surface area contributed by atoms with E-state index in [0.717, 1.165) is 6.42 Å². The Kier molecular flexibility index (Phi) is 5.52. The molecule has 1 unspecified atom stereocenters. The fraction of sp³-hybridized carbons (Fsp3) is 0.500. The van der Waals surface area contributed by atoms with Crippen LogP contribution in [0.5, 0.6) is 0 Å². The lowest BCUT2D eigenvalue weighted by atomic mass is 10.1. The van der Waals surface area contributed by atoms with Crippen LogP contribution in [0.1, 0.15) is 32.8 Å². The van der Waals surface area contributed by atoms with Gasteiger partial charge in [0.25, 0.3) is 0 Å². The van der Waals surface area contributed by atoms with Crippen LogP contribution in [0, 0.1) is 17.2 Å². The van der Waals surface area contributed by atoms with Gasteiger partial charge in [0.05, 0.1) is 16.5 Å². The van der Waals surface area contributed by atoms with Crippen LogP contribution in [-0.4, -0.2) is 25.8 Å². The third kappa shape index (κ3) is 3.79. The van der Waals surface area contributed by atoms with E-state index in [1.165, 1.54) is 16.4 Å². The Hall–Kier alpha value is -1.38. The Bertz CT molecular complexity index is 561. The van der Waals surface area contributed by atoms with Crippen LogP contribution in [0.15, 0.2) is 29.2 Å². The van der Waals surface area contributed by atoms with Crippen LogP contribution < -0.4 is 0 Å². The number of hydrogen-bond acceptors (Lipinski definition) is 3. The van der Waals surface area contributed by atoms with Crippen LogP contribution in [0.25, 0.3) is 0 Å². The summed E-state index contributed by atoms with van der Waals surface area (Å²) in [4.78, 5) is 0.191. The first-order valence-electron chi connectivity index (χ1n) is 6.46. The van der Waals surface area contributed by atoms with Gasteiger partial charge < -0.3 is 0 Å². The van der Waals surface area contributed by atoms with E-state index in [1.54, 1.807) is 12.1 Å². The molecule has 0 N–H and O–H groups in total. The molecule has 0 bridgehead atoms. The number of benzene rings is 1. The smallest absolute Gasteiger partial charge is 0.207 e. The van der Waals surface area contributed by atoms with Crippen molar-refractivity contribution in [1.29, 1.82) is 5.26 Å². The number of nitrogens with zero attached hydrogens (tertiary/aromatic N) is 2. The first-order valence-corrected chi connectivity index (χ1v) is 7.90. The van der Waals surface area contributed by atoms with Crippen molar-refractivity contribution in [3.8, 4) is 6.07 Å². The van der Waals surface area contributed by atoms with Crippen molar-refractivity contribution in [3.05, 3.63) is 29.8 Å². The monoisotopic (exact) mass is 280 g/mol. The number of sulfonamides is 1. The zero-order chi connectivity index (χ0) is 14.5. The van der Waals surface area contributed by atoms with Gasteiger partial charge >= 0.3 is 0 Å². The number of hydrogen-bond donors (Lipinski definition) is 0. The molecule has 0 saturated carbocycles. The second-order valence-corrected chi connectivity index (χ2v) is 6.55. The van der Waals surface area contributed by atoms with Gasteiger partial charge in [0.2, 0.25) is 10.0 Å². The SMILES string of the molecule is CCC(C)CN(CC)S(=O)(=O)c1cccc(C#N)c1. The van der Waals surface area contributed by atoms with Crippen LogP contribution in [0.3, 0.4) is 0 Å². The molecule has 0 aromatic heterocycles. The van der Waals surface area contributed by atoms with Crippen molar-refractivity contribution < 1.29 is 8.42 Å². The van der Waals surface area contributed by atoms with Gasteiger partial charge in [-0.15, -0.1) is 0 Å². The minimum atomic E-state index is -3.51. The molecule has 1 atom stereocenters. The third-order valence-corrected chi connectivity index (χ3v) is 5.10. The first-order chi connectivity index (χ1) is 8.95. The summed E-state index contributed by atoms with van der Waals surface area (Å²) in [5.41, 5.74) is 0.362. The third-order valence-electron chi connectivity index (χ3n) is 3.17. The zero-order valence-electron chi connectivity index (χ0n) is 11.6. The van der Waals surface area contributed by atoms with E-state index < -0.39 is 10.0 Å². The normalized spacial score (nSPS) is 13.2. The Morgan fingerprint density at radius 1 is 1.37 bits per heavy atom. The van der Waals surface area contributed by atoms with E-state index in [1.807, 2.05) is 26.8 Å². The molecule has 0 spiro atoms. The molecule has 0 aliphatic rings. The van der Waals surface area contributed by atoms with Crippen molar-refractivity contribution in [1.82, 2.24) is 4.31 Å². The van der Waals surface area contributed by atoms with Gasteiger partial charge in [-0.3, -0.25) is 0 Å². The zero-order valence-corrected chi connectivity index (χ0v) is 12.4. The summed E-state index contributed by atoms with van der Waals surface area (Å²) in [5.74, 6) is 0.314. The Balaban J connectivity index is 3.10.